The molecule has 4 aliphatic carbocycles. The van der Waals surface area contributed by atoms with E-state index in [1.807, 2.05) is 72.8 Å². The minimum atomic E-state index is -3.11. The lowest BCUT2D eigenvalue weighted by atomic mass is 9.48. The maximum absolute atomic E-state index is 14.2. The summed E-state index contributed by atoms with van der Waals surface area (Å²) in [7, 11) is -5.88. The highest BCUT2D eigenvalue weighted by Crippen LogP contribution is 2.60. The lowest BCUT2D eigenvalue weighted by Gasteiger charge is -2.56. The van der Waals surface area contributed by atoms with E-state index in [-0.39, 0.29) is 41.4 Å². The number of hydrogen-bond donors (Lipinski definition) is 1. The molecule has 294 valence electrons. The zero-order chi connectivity index (χ0) is 39.7. The Morgan fingerprint density at radius 3 is 1.98 bits per heavy atom. The molecule has 2 atom stereocenters. The standard InChI is InChI=1S/C47H55FNO5PSi/c1-32(2)45-41(42(36-18-20-37(48)21-19-36)27-43(49-45)47-28-33-23-34(29-47)25-35(24-33)30-47)17-12-22-53-55(52)31-38(26-44(50)51)54-56(46(3,4)5,39-13-8-6-9-14-39)40-15-10-7-11-16-40/h6-11,13-16,18-21,27,32-35,38,55H,22-26,28-31H2,1-5H3,(H,50,51). The van der Waals surface area contributed by atoms with Gasteiger partial charge in [0.1, 0.15) is 12.4 Å². The van der Waals surface area contributed by atoms with Gasteiger partial charge in [0, 0.05) is 22.8 Å². The number of carboxylic acid groups (broad SMARTS) is 1. The predicted octanol–water partition coefficient (Wildman–Crippen LogP) is 9.74. The van der Waals surface area contributed by atoms with Crippen LogP contribution in [0.1, 0.15) is 102 Å². The second-order valence-corrected chi connectivity index (χ2v) is 23.5. The summed E-state index contributed by atoms with van der Waals surface area (Å²) in [6.45, 7) is 10.5. The van der Waals surface area contributed by atoms with Crippen molar-refractivity contribution in [2.24, 2.45) is 17.8 Å². The summed E-state index contributed by atoms with van der Waals surface area (Å²) < 4.78 is 40.8. The van der Waals surface area contributed by atoms with Gasteiger partial charge in [0.15, 0.2) is 8.03 Å². The molecule has 9 heteroatoms. The normalized spacial score (nSPS) is 22.7. The molecule has 4 aromatic rings. The van der Waals surface area contributed by atoms with Crippen molar-refractivity contribution in [1.82, 2.24) is 4.98 Å². The van der Waals surface area contributed by atoms with E-state index >= 15 is 0 Å². The Labute approximate surface area is 333 Å². The Morgan fingerprint density at radius 2 is 1.48 bits per heavy atom. The third-order valence-electron chi connectivity index (χ3n) is 12.4. The van der Waals surface area contributed by atoms with E-state index in [0.29, 0.717) is 0 Å². The van der Waals surface area contributed by atoms with Gasteiger partial charge in [0.25, 0.3) is 8.32 Å². The average molecular weight is 792 g/mol. The van der Waals surface area contributed by atoms with Crippen molar-refractivity contribution in [1.29, 1.82) is 0 Å². The van der Waals surface area contributed by atoms with Crippen molar-refractivity contribution in [3.8, 4) is 23.0 Å². The molecule has 4 bridgehead atoms. The molecule has 4 aliphatic rings. The average Bonchev–Trinajstić information content (AvgIpc) is 3.15. The highest BCUT2D eigenvalue weighted by atomic mass is 31.1. The van der Waals surface area contributed by atoms with Gasteiger partial charge in [-0.15, -0.1) is 0 Å². The molecule has 3 aromatic carbocycles. The number of carboxylic acids is 1. The molecule has 1 heterocycles. The Bertz CT molecular complexity index is 2030. The van der Waals surface area contributed by atoms with Crippen LogP contribution in [0.5, 0.6) is 0 Å². The van der Waals surface area contributed by atoms with Crippen LogP contribution in [0, 0.1) is 35.4 Å². The summed E-state index contributed by atoms with van der Waals surface area (Å²) in [6, 6.07) is 28.8. The molecule has 0 radical (unpaired) electrons. The number of aromatic nitrogens is 1. The maximum Gasteiger partial charge on any atom is 0.305 e. The summed E-state index contributed by atoms with van der Waals surface area (Å²) in [5.41, 5.74) is 4.75. The smallest absolute Gasteiger partial charge is 0.305 e. The molecule has 1 aromatic heterocycles. The molecule has 0 spiro atoms. The van der Waals surface area contributed by atoms with Crippen molar-refractivity contribution in [2.45, 2.75) is 102 Å². The molecular weight excluding hydrogens is 737 g/mol. The number of pyridine rings is 1. The topological polar surface area (TPSA) is 85.7 Å². The van der Waals surface area contributed by atoms with E-state index in [0.717, 1.165) is 56.2 Å². The zero-order valence-electron chi connectivity index (χ0n) is 33.3. The first-order valence-electron chi connectivity index (χ1n) is 20.2. The molecular formula is C47H55FNO5PSi. The van der Waals surface area contributed by atoms with Crippen LogP contribution in [0.3, 0.4) is 0 Å². The summed E-state index contributed by atoms with van der Waals surface area (Å²) in [5, 5.41) is 11.6. The summed E-state index contributed by atoms with van der Waals surface area (Å²) in [4.78, 5) is 17.6. The van der Waals surface area contributed by atoms with Crippen molar-refractivity contribution in [3.63, 3.8) is 0 Å². The van der Waals surface area contributed by atoms with Crippen LogP contribution >= 0.6 is 8.03 Å². The Balaban J connectivity index is 1.16. The van der Waals surface area contributed by atoms with E-state index in [9.17, 15) is 18.9 Å². The summed E-state index contributed by atoms with van der Waals surface area (Å²) in [5.74, 6) is 7.55. The van der Waals surface area contributed by atoms with Crippen LogP contribution in [0.4, 0.5) is 4.39 Å². The van der Waals surface area contributed by atoms with Crippen LogP contribution in [0.2, 0.25) is 5.04 Å². The molecule has 56 heavy (non-hydrogen) atoms. The number of carbonyl (C=O) groups is 1. The van der Waals surface area contributed by atoms with Crippen LogP contribution < -0.4 is 10.4 Å². The van der Waals surface area contributed by atoms with E-state index in [1.165, 1.54) is 50.7 Å². The SMILES string of the molecule is CC(C)c1nc(C23CC4CC(CC(C4)C2)C3)cc(-c2ccc(F)cc2)c1C#CCO[PH](=O)CC(CC(=O)O)O[Si](c1ccccc1)(c1ccccc1)C(C)(C)C. The minimum Gasteiger partial charge on any atom is -0.481 e. The molecule has 4 saturated carbocycles. The monoisotopic (exact) mass is 791 g/mol. The molecule has 4 fully saturated rings. The van der Waals surface area contributed by atoms with Crippen molar-refractivity contribution < 1.29 is 27.8 Å². The number of aliphatic carboxylic acids is 1. The number of hydrogen-bond acceptors (Lipinski definition) is 5. The molecule has 0 saturated heterocycles. The molecule has 8 rings (SSSR count). The van der Waals surface area contributed by atoms with E-state index in [1.54, 1.807) is 0 Å². The molecule has 0 amide bonds. The second kappa shape index (κ2) is 16.5. The summed E-state index contributed by atoms with van der Waals surface area (Å²) in [6.07, 6.45) is 6.37. The van der Waals surface area contributed by atoms with E-state index < -0.39 is 28.4 Å². The van der Waals surface area contributed by atoms with Gasteiger partial charge in [-0.25, -0.2) is 4.39 Å². The lowest BCUT2D eigenvalue weighted by molar-refractivity contribution is -0.138. The Kier molecular flexibility index (Phi) is 11.9. The van der Waals surface area contributed by atoms with Crippen LogP contribution in [-0.2, 0) is 23.7 Å². The highest BCUT2D eigenvalue weighted by Gasteiger charge is 2.53. The quantitative estimate of drug-likeness (QED) is 0.0825. The van der Waals surface area contributed by atoms with Gasteiger partial charge in [-0.1, -0.05) is 119 Å². The second-order valence-electron chi connectivity index (χ2n) is 17.8. The predicted molar refractivity (Wildman–Crippen MR) is 225 cm³/mol. The fourth-order valence-electron chi connectivity index (χ4n) is 10.4. The molecule has 2 unspecified atom stereocenters. The third-order valence-corrected chi connectivity index (χ3v) is 18.8. The van der Waals surface area contributed by atoms with Crippen LogP contribution in [0.15, 0.2) is 91.0 Å². The number of nitrogens with zero attached hydrogens (tertiary/aromatic N) is 1. The highest BCUT2D eigenvalue weighted by molar-refractivity contribution is 7.39. The minimum absolute atomic E-state index is 0.0530. The maximum atomic E-state index is 14.2. The van der Waals surface area contributed by atoms with Gasteiger partial charge < -0.3 is 14.1 Å². The van der Waals surface area contributed by atoms with Gasteiger partial charge >= 0.3 is 5.97 Å². The van der Waals surface area contributed by atoms with Gasteiger partial charge in [0.2, 0.25) is 0 Å². The van der Waals surface area contributed by atoms with E-state index in [4.69, 9.17) is 13.9 Å². The fraction of sp³-hybridized carbons (Fsp3) is 0.447. The molecule has 6 nitrogen and oxygen atoms in total. The Hall–Kier alpha value is -3.86. The van der Waals surface area contributed by atoms with Crippen molar-refractivity contribution in [3.05, 3.63) is 114 Å². The number of rotatable bonds is 13. The first-order valence-corrected chi connectivity index (χ1v) is 23.7. The number of benzene rings is 3. The zero-order valence-corrected chi connectivity index (χ0v) is 35.3. The largest absolute Gasteiger partial charge is 0.481 e. The van der Waals surface area contributed by atoms with Crippen molar-refractivity contribution in [2.75, 3.05) is 12.8 Å². The van der Waals surface area contributed by atoms with Crippen molar-refractivity contribution >= 4 is 32.7 Å². The van der Waals surface area contributed by atoms with Gasteiger partial charge in [-0.2, -0.15) is 0 Å². The fourth-order valence-corrected chi connectivity index (χ4v) is 16.2. The van der Waals surface area contributed by atoms with Crippen LogP contribution in [-0.4, -0.2) is 43.2 Å². The van der Waals surface area contributed by atoms with E-state index in [2.05, 4.69) is 52.5 Å². The summed E-state index contributed by atoms with van der Waals surface area (Å²) >= 11 is 0. The third kappa shape index (κ3) is 8.39. The first kappa shape index (κ1) is 40.3. The van der Waals surface area contributed by atoms with Crippen LogP contribution in [0.25, 0.3) is 11.1 Å². The van der Waals surface area contributed by atoms with Gasteiger partial charge in [0.05, 0.1) is 23.8 Å². The lowest BCUT2D eigenvalue weighted by Crippen LogP contribution is -2.68. The van der Waals surface area contributed by atoms with Gasteiger partial charge in [-0.3, -0.25) is 14.3 Å². The molecule has 0 aliphatic heterocycles. The number of halogens is 1. The first-order chi connectivity index (χ1) is 26.8. The Morgan fingerprint density at radius 1 is 0.929 bits per heavy atom. The van der Waals surface area contributed by atoms with Gasteiger partial charge in [-0.05, 0) is 101 Å². The molecule has 1 N–H and O–H groups in total.